The van der Waals surface area contributed by atoms with Crippen LogP contribution in [-0.4, -0.2) is 94.9 Å². The van der Waals surface area contributed by atoms with Gasteiger partial charge in [-0.2, -0.15) is 0 Å². The number of rotatable bonds is 11. The average molecular weight is 719 g/mol. The van der Waals surface area contributed by atoms with Crippen LogP contribution in [0.3, 0.4) is 0 Å². The summed E-state index contributed by atoms with van der Waals surface area (Å²) in [5.74, 6) is -7.29. The van der Waals surface area contributed by atoms with Gasteiger partial charge in [0.15, 0.2) is 17.8 Å². The van der Waals surface area contributed by atoms with E-state index in [1.807, 2.05) is 0 Å². The van der Waals surface area contributed by atoms with Gasteiger partial charge in [0.05, 0.1) is 34.5 Å². The number of aliphatic hydroxyl groups is 1. The number of esters is 6. The third-order valence-electron chi connectivity index (χ3n) is 10.4. The fraction of sp³-hybridized carbons (Fsp3) is 0.676. The summed E-state index contributed by atoms with van der Waals surface area (Å²) in [6, 6.07) is 7.88. The Bertz CT molecular complexity index is 1520. The molecule has 1 spiro atoms. The monoisotopic (exact) mass is 718 g/mol. The Balaban J connectivity index is 2.20. The zero-order valence-electron chi connectivity index (χ0n) is 30.9. The lowest BCUT2D eigenvalue weighted by molar-refractivity contribution is -0.363. The van der Waals surface area contributed by atoms with Crippen LogP contribution in [0.4, 0.5) is 0 Å². The van der Waals surface area contributed by atoms with Crippen LogP contribution in [0.1, 0.15) is 92.4 Å². The highest BCUT2D eigenvalue weighted by atomic mass is 16.7. The predicted molar refractivity (Wildman–Crippen MR) is 176 cm³/mol. The molecule has 14 nitrogen and oxygen atoms in total. The molecule has 0 aromatic heterocycles. The van der Waals surface area contributed by atoms with Gasteiger partial charge in [-0.05, 0) is 39.3 Å². The minimum atomic E-state index is -2.28. The van der Waals surface area contributed by atoms with Crippen molar-refractivity contribution in [2.24, 2.45) is 23.2 Å². The molecule has 0 unspecified atom stereocenters. The molecule has 14 heteroatoms. The van der Waals surface area contributed by atoms with Gasteiger partial charge in [0.1, 0.15) is 30.3 Å². The van der Waals surface area contributed by atoms with Crippen LogP contribution in [0.2, 0.25) is 0 Å². The Hall–Kier alpha value is -4.04. The van der Waals surface area contributed by atoms with Crippen LogP contribution in [0.15, 0.2) is 30.3 Å². The first-order valence-electron chi connectivity index (χ1n) is 17.2. The van der Waals surface area contributed by atoms with Crippen molar-refractivity contribution in [2.75, 3.05) is 6.61 Å². The van der Waals surface area contributed by atoms with Gasteiger partial charge in [0, 0.05) is 27.2 Å². The van der Waals surface area contributed by atoms with Crippen molar-refractivity contribution in [3.8, 4) is 0 Å². The topological polar surface area (TPSA) is 187 Å². The second-order valence-electron chi connectivity index (χ2n) is 14.9. The molecule has 3 fully saturated rings. The van der Waals surface area contributed by atoms with E-state index in [4.69, 9.17) is 33.2 Å². The molecule has 1 N–H and O–H groups in total. The van der Waals surface area contributed by atoms with Gasteiger partial charge >= 0.3 is 35.8 Å². The normalized spacial score (nSPS) is 34.0. The van der Waals surface area contributed by atoms with E-state index in [1.165, 1.54) is 19.1 Å². The lowest BCUT2D eigenvalue weighted by atomic mass is 9.45. The van der Waals surface area contributed by atoms with E-state index in [2.05, 4.69) is 0 Å². The lowest BCUT2D eigenvalue weighted by Crippen LogP contribution is -2.85. The van der Waals surface area contributed by atoms with Crippen molar-refractivity contribution in [1.82, 2.24) is 0 Å². The van der Waals surface area contributed by atoms with Crippen LogP contribution in [0, 0.1) is 23.2 Å². The lowest BCUT2D eigenvalue weighted by Gasteiger charge is -2.66. The molecule has 1 aliphatic heterocycles. The minimum absolute atomic E-state index is 0.0880. The number of hydrogen-bond donors (Lipinski definition) is 1. The Kier molecular flexibility index (Phi) is 11.3. The highest BCUT2D eigenvalue weighted by molar-refractivity contribution is 5.89. The van der Waals surface area contributed by atoms with Crippen molar-refractivity contribution < 1.29 is 67.0 Å². The molecular weight excluding hydrogens is 668 g/mol. The summed E-state index contributed by atoms with van der Waals surface area (Å²) in [7, 11) is 0. The second-order valence-corrected chi connectivity index (χ2v) is 14.9. The summed E-state index contributed by atoms with van der Waals surface area (Å²) in [5, 5.41) is 12.8. The summed E-state index contributed by atoms with van der Waals surface area (Å²) in [6.07, 6.45) is -7.99. The number of carbonyl (C=O) groups excluding carboxylic acids is 6. The largest absolute Gasteiger partial charge is 0.464 e. The van der Waals surface area contributed by atoms with Crippen molar-refractivity contribution in [2.45, 2.75) is 129 Å². The summed E-state index contributed by atoms with van der Waals surface area (Å²) in [5.41, 5.74) is -8.01. The van der Waals surface area contributed by atoms with Gasteiger partial charge in [-0.3, -0.25) is 24.0 Å². The molecule has 51 heavy (non-hydrogen) atoms. The molecule has 0 amide bonds. The molecule has 2 aliphatic carbocycles. The van der Waals surface area contributed by atoms with Crippen molar-refractivity contribution >= 4 is 35.8 Å². The van der Waals surface area contributed by atoms with Crippen LogP contribution in [-0.2, 0) is 57.1 Å². The molecule has 1 aromatic carbocycles. The highest BCUT2D eigenvalue weighted by Gasteiger charge is 2.89. The van der Waals surface area contributed by atoms with E-state index in [0.29, 0.717) is 6.42 Å². The zero-order chi connectivity index (χ0) is 38.3. The molecule has 282 valence electrons. The second kappa shape index (κ2) is 14.5. The fourth-order valence-corrected chi connectivity index (χ4v) is 8.17. The average Bonchev–Trinajstić information content (AvgIpc) is 3.23. The SMILES string of the molecule is CC[C@H](C)C(=O)OC[C@]12[C@H](OC(=O)c3ccccc3)[C@H](OC(=O)C(C)C)[C@@H]3[C@@H](OC(C)=O)[C@]1(OC3(C)C)[C@@](C)(O)C[C@H](OC(C)=O)[C@@H]2OC(C)=O. The first-order chi connectivity index (χ1) is 23.7. The van der Waals surface area contributed by atoms with E-state index >= 15 is 0 Å². The minimum Gasteiger partial charge on any atom is -0.464 e. The first kappa shape index (κ1) is 39.7. The number of hydrogen-bond acceptors (Lipinski definition) is 14. The summed E-state index contributed by atoms with van der Waals surface area (Å²) < 4.78 is 43.3. The van der Waals surface area contributed by atoms with Gasteiger partial charge in [-0.1, -0.05) is 45.9 Å². The van der Waals surface area contributed by atoms with E-state index in [1.54, 1.807) is 59.7 Å². The third-order valence-corrected chi connectivity index (χ3v) is 10.4. The molecule has 1 aromatic rings. The van der Waals surface area contributed by atoms with E-state index < -0.39 is 119 Å². The van der Waals surface area contributed by atoms with E-state index in [-0.39, 0.29) is 5.56 Å². The summed E-state index contributed by atoms with van der Waals surface area (Å²) in [4.78, 5) is 79.9. The molecule has 2 bridgehead atoms. The number of fused-ring (bicyclic) bond motifs is 1. The van der Waals surface area contributed by atoms with Gasteiger partial charge in [-0.15, -0.1) is 0 Å². The summed E-state index contributed by atoms with van der Waals surface area (Å²) >= 11 is 0. The number of ether oxygens (including phenoxy) is 7. The summed E-state index contributed by atoms with van der Waals surface area (Å²) in [6.45, 7) is 13.8. The van der Waals surface area contributed by atoms with Crippen molar-refractivity contribution in [3.63, 3.8) is 0 Å². The van der Waals surface area contributed by atoms with E-state index in [9.17, 15) is 33.9 Å². The maximum absolute atomic E-state index is 14.1. The van der Waals surface area contributed by atoms with Crippen LogP contribution < -0.4 is 0 Å². The van der Waals surface area contributed by atoms with Gasteiger partial charge in [0.25, 0.3) is 0 Å². The quantitative estimate of drug-likeness (QED) is 0.259. The van der Waals surface area contributed by atoms with Gasteiger partial charge in [-0.25, -0.2) is 4.79 Å². The molecule has 0 radical (unpaired) electrons. The molecule has 1 saturated heterocycles. The maximum atomic E-state index is 14.1. The Labute approximate surface area is 297 Å². The molecule has 4 rings (SSSR count). The Morgan fingerprint density at radius 1 is 0.804 bits per heavy atom. The zero-order valence-corrected chi connectivity index (χ0v) is 30.9. The van der Waals surface area contributed by atoms with Gasteiger partial charge < -0.3 is 38.3 Å². The molecular formula is C37H50O14. The molecule has 1 heterocycles. The molecule has 3 aliphatic rings. The van der Waals surface area contributed by atoms with Crippen LogP contribution in [0.25, 0.3) is 0 Å². The number of benzene rings is 1. The maximum Gasteiger partial charge on any atom is 0.338 e. The van der Waals surface area contributed by atoms with Gasteiger partial charge in [0.2, 0.25) is 0 Å². The van der Waals surface area contributed by atoms with E-state index in [0.717, 1.165) is 20.8 Å². The highest BCUT2D eigenvalue weighted by Crippen LogP contribution is 2.69. The smallest absolute Gasteiger partial charge is 0.338 e. The number of carbonyl (C=O) groups is 6. The van der Waals surface area contributed by atoms with Crippen LogP contribution in [0.5, 0.6) is 0 Å². The standard InChI is InChI=1S/C37H50O14/c1-11-20(4)32(42)45-18-36-28(47-22(6)39)25(46-21(5)38)17-35(10,44)37(36)29(48-23(7)40)26(34(8,9)51-37)27(49-31(41)19(2)3)30(36)50-33(43)24-15-13-12-14-16-24/h12-16,19-20,25-30,44H,11,17-18H2,1-10H3/t20-,25-,26+,27+,28-,29+,30+,35-,36-,37-/m0/s1. The Morgan fingerprint density at radius 3 is 1.90 bits per heavy atom. The molecule has 10 atom stereocenters. The van der Waals surface area contributed by atoms with Crippen molar-refractivity contribution in [3.05, 3.63) is 35.9 Å². The first-order valence-corrected chi connectivity index (χ1v) is 17.2. The Morgan fingerprint density at radius 2 is 1.37 bits per heavy atom. The van der Waals surface area contributed by atoms with Crippen molar-refractivity contribution in [1.29, 1.82) is 0 Å². The predicted octanol–water partition coefficient (Wildman–Crippen LogP) is 3.48. The molecule has 2 saturated carbocycles. The van der Waals surface area contributed by atoms with Crippen LogP contribution >= 0.6 is 0 Å². The fourth-order valence-electron chi connectivity index (χ4n) is 8.17. The third kappa shape index (κ3) is 6.96.